The van der Waals surface area contributed by atoms with Crippen molar-refractivity contribution in [1.82, 2.24) is 4.57 Å². The summed E-state index contributed by atoms with van der Waals surface area (Å²) in [6.07, 6.45) is 4.24. The van der Waals surface area contributed by atoms with Crippen molar-refractivity contribution in [3.63, 3.8) is 0 Å². The van der Waals surface area contributed by atoms with E-state index in [1.54, 1.807) is 0 Å². The second-order valence-corrected chi connectivity index (χ2v) is 5.51. The van der Waals surface area contributed by atoms with E-state index >= 15 is 0 Å². The molecule has 0 aliphatic heterocycles. The van der Waals surface area contributed by atoms with Crippen molar-refractivity contribution in [3.8, 4) is 0 Å². The second kappa shape index (κ2) is 3.47. The molecule has 2 aliphatic rings. The molecule has 0 aromatic carbocycles. The van der Waals surface area contributed by atoms with Crippen molar-refractivity contribution in [3.05, 3.63) is 23.0 Å². The zero-order valence-electron chi connectivity index (χ0n) is 10.1. The smallest absolute Gasteiger partial charge is 0.164 e. The first-order valence-corrected chi connectivity index (χ1v) is 6.39. The molecule has 0 spiro atoms. The van der Waals surface area contributed by atoms with Gasteiger partial charge in [-0.15, -0.1) is 0 Å². The molecule has 0 amide bonds. The summed E-state index contributed by atoms with van der Waals surface area (Å²) in [6, 6.07) is 2.10. The topological polar surface area (TPSA) is 22.0 Å². The van der Waals surface area contributed by atoms with Crippen LogP contribution < -0.4 is 0 Å². The van der Waals surface area contributed by atoms with Crippen molar-refractivity contribution in [2.24, 2.45) is 11.8 Å². The fraction of sp³-hybridized carbons (Fsp3) is 0.643. The lowest BCUT2D eigenvalue weighted by atomic mass is 9.96. The van der Waals surface area contributed by atoms with Gasteiger partial charge in [0.2, 0.25) is 0 Å². The minimum Gasteiger partial charge on any atom is -0.348 e. The van der Waals surface area contributed by atoms with E-state index in [1.165, 1.54) is 17.8 Å². The molecular formula is C14H19NO. The van der Waals surface area contributed by atoms with Crippen LogP contribution >= 0.6 is 0 Å². The van der Waals surface area contributed by atoms with Crippen LogP contribution in [0.15, 0.2) is 6.07 Å². The molecule has 0 radical (unpaired) electrons. The predicted molar refractivity (Wildman–Crippen MR) is 63.7 cm³/mol. The Morgan fingerprint density at radius 2 is 2.19 bits per heavy atom. The average molecular weight is 217 g/mol. The quantitative estimate of drug-likeness (QED) is 0.746. The zero-order chi connectivity index (χ0) is 11.3. The molecule has 2 nitrogen and oxygen atoms in total. The summed E-state index contributed by atoms with van der Waals surface area (Å²) >= 11 is 0. The second-order valence-electron chi connectivity index (χ2n) is 5.51. The van der Waals surface area contributed by atoms with Crippen molar-refractivity contribution in [2.75, 3.05) is 0 Å². The molecule has 2 heteroatoms. The van der Waals surface area contributed by atoms with Gasteiger partial charge < -0.3 is 4.57 Å². The summed E-state index contributed by atoms with van der Waals surface area (Å²) in [5.74, 6) is 2.09. The Bertz CT molecular complexity index is 444. The highest BCUT2D eigenvalue weighted by Crippen LogP contribution is 2.40. The summed E-state index contributed by atoms with van der Waals surface area (Å²) < 4.78 is 2.40. The van der Waals surface area contributed by atoms with Gasteiger partial charge in [-0.05, 0) is 44.1 Å². The van der Waals surface area contributed by atoms with E-state index < -0.39 is 0 Å². The standard InChI is InChI=1S/C14H19NO/c1-9-6-11(9)8-15-10(2)7-12-13(15)4-3-5-14(12)16/h7,9,11H,3-6,8H2,1-2H3. The third-order valence-electron chi connectivity index (χ3n) is 4.23. The number of nitrogens with zero attached hydrogens (tertiary/aromatic N) is 1. The van der Waals surface area contributed by atoms with E-state index in [1.807, 2.05) is 0 Å². The van der Waals surface area contributed by atoms with Gasteiger partial charge in [0.15, 0.2) is 5.78 Å². The molecule has 86 valence electrons. The van der Waals surface area contributed by atoms with Crippen LogP contribution in [0.3, 0.4) is 0 Å². The summed E-state index contributed by atoms with van der Waals surface area (Å²) in [6.45, 7) is 5.59. The Kier molecular flexibility index (Phi) is 2.20. The maximum atomic E-state index is 11.8. The van der Waals surface area contributed by atoms with Crippen molar-refractivity contribution >= 4 is 5.78 Å². The maximum Gasteiger partial charge on any atom is 0.164 e. The van der Waals surface area contributed by atoms with Crippen LogP contribution in [-0.4, -0.2) is 10.4 Å². The molecule has 1 saturated carbocycles. The van der Waals surface area contributed by atoms with Gasteiger partial charge in [0.1, 0.15) is 0 Å². The highest BCUT2D eigenvalue weighted by atomic mass is 16.1. The predicted octanol–water partition coefficient (Wildman–Crippen LogP) is 2.97. The van der Waals surface area contributed by atoms with Crippen LogP contribution in [0.25, 0.3) is 0 Å². The first-order valence-electron chi connectivity index (χ1n) is 6.39. The van der Waals surface area contributed by atoms with Gasteiger partial charge in [0.05, 0.1) is 0 Å². The maximum absolute atomic E-state index is 11.8. The Labute approximate surface area is 96.6 Å². The van der Waals surface area contributed by atoms with E-state index in [9.17, 15) is 4.79 Å². The molecule has 1 heterocycles. The number of carbonyl (C=O) groups excluding carboxylic acids is 1. The van der Waals surface area contributed by atoms with Crippen LogP contribution in [0.2, 0.25) is 0 Å². The molecular weight excluding hydrogens is 198 g/mol. The number of aryl methyl sites for hydroxylation is 1. The van der Waals surface area contributed by atoms with Gasteiger partial charge in [-0.3, -0.25) is 4.79 Å². The SMILES string of the molecule is Cc1cc2c(n1CC1CC1C)CCCC2=O. The molecule has 3 rings (SSSR count). The Morgan fingerprint density at radius 3 is 2.88 bits per heavy atom. The van der Waals surface area contributed by atoms with Crippen molar-refractivity contribution in [2.45, 2.75) is 46.1 Å². The monoisotopic (exact) mass is 217 g/mol. The third kappa shape index (κ3) is 1.51. The minimum atomic E-state index is 0.354. The molecule has 2 unspecified atom stereocenters. The molecule has 0 N–H and O–H groups in total. The molecule has 2 aliphatic carbocycles. The summed E-state index contributed by atoms with van der Waals surface area (Å²) in [4.78, 5) is 11.8. The largest absolute Gasteiger partial charge is 0.348 e. The molecule has 0 bridgehead atoms. The lowest BCUT2D eigenvalue weighted by Crippen LogP contribution is -2.14. The van der Waals surface area contributed by atoms with E-state index in [0.717, 1.165) is 43.2 Å². The Hall–Kier alpha value is -1.05. The fourth-order valence-electron chi connectivity index (χ4n) is 2.93. The van der Waals surface area contributed by atoms with Gasteiger partial charge in [-0.25, -0.2) is 0 Å². The average Bonchev–Trinajstić information content (AvgIpc) is 2.84. The summed E-state index contributed by atoms with van der Waals surface area (Å²) in [5, 5.41) is 0. The molecule has 0 saturated heterocycles. The van der Waals surface area contributed by atoms with Crippen molar-refractivity contribution < 1.29 is 4.79 Å². The number of hydrogen-bond acceptors (Lipinski definition) is 1. The van der Waals surface area contributed by atoms with Gasteiger partial charge in [-0.1, -0.05) is 6.92 Å². The number of ketones is 1. The van der Waals surface area contributed by atoms with Crippen LogP contribution in [0, 0.1) is 18.8 Å². The number of fused-ring (bicyclic) bond motifs is 1. The van der Waals surface area contributed by atoms with Crippen LogP contribution in [0.5, 0.6) is 0 Å². The van der Waals surface area contributed by atoms with E-state index in [0.29, 0.717) is 5.78 Å². The van der Waals surface area contributed by atoms with Crippen LogP contribution in [0.1, 0.15) is 47.9 Å². The molecule has 1 fully saturated rings. The number of Topliss-reactive ketones (excluding diaryl/α,β-unsaturated/α-hetero) is 1. The Balaban J connectivity index is 1.94. The molecule has 1 aromatic heterocycles. The summed E-state index contributed by atoms with van der Waals surface area (Å²) in [7, 11) is 0. The van der Waals surface area contributed by atoms with E-state index in [-0.39, 0.29) is 0 Å². The van der Waals surface area contributed by atoms with Gasteiger partial charge in [0, 0.05) is 29.9 Å². The Morgan fingerprint density at radius 1 is 1.44 bits per heavy atom. The third-order valence-corrected chi connectivity index (χ3v) is 4.23. The summed E-state index contributed by atoms with van der Waals surface area (Å²) in [5.41, 5.74) is 3.60. The number of carbonyl (C=O) groups is 1. The highest BCUT2D eigenvalue weighted by Gasteiger charge is 2.34. The first-order chi connectivity index (χ1) is 7.66. The van der Waals surface area contributed by atoms with Crippen LogP contribution in [0.4, 0.5) is 0 Å². The number of aromatic nitrogens is 1. The molecule has 1 aromatic rings. The zero-order valence-corrected chi connectivity index (χ0v) is 10.1. The lowest BCUT2D eigenvalue weighted by Gasteiger charge is -2.15. The van der Waals surface area contributed by atoms with Gasteiger partial charge >= 0.3 is 0 Å². The number of rotatable bonds is 2. The van der Waals surface area contributed by atoms with E-state index in [2.05, 4.69) is 24.5 Å². The molecule has 16 heavy (non-hydrogen) atoms. The van der Waals surface area contributed by atoms with Crippen LogP contribution in [-0.2, 0) is 13.0 Å². The van der Waals surface area contributed by atoms with Gasteiger partial charge in [0.25, 0.3) is 0 Å². The first kappa shape index (κ1) is 10.1. The van der Waals surface area contributed by atoms with Gasteiger partial charge in [-0.2, -0.15) is 0 Å². The number of hydrogen-bond donors (Lipinski definition) is 0. The molecule has 2 atom stereocenters. The van der Waals surface area contributed by atoms with Crippen molar-refractivity contribution in [1.29, 1.82) is 0 Å². The minimum absolute atomic E-state index is 0.354. The lowest BCUT2D eigenvalue weighted by molar-refractivity contribution is 0.0971. The normalized spacial score (nSPS) is 28.0. The highest BCUT2D eigenvalue weighted by molar-refractivity contribution is 5.98. The van der Waals surface area contributed by atoms with E-state index in [4.69, 9.17) is 0 Å². The fourth-order valence-corrected chi connectivity index (χ4v) is 2.93.